The van der Waals surface area contributed by atoms with Crippen LogP contribution < -0.4 is 0 Å². The van der Waals surface area contributed by atoms with E-state index in [0.29, 0.717) is 6.61 Å². The van der Waals surface area contributed by atoms with Gasteiger partial charge in [0.2, 0.25) is 0 Å². The van der Waals surface area contributed by atoms with Crippen molar-refractivity contribution in [3.63, 3.8) is 0 Å². The van der Waals surface area contributed by atoms with Crippen molar-refractivity contribution in [3.05, 3.63) is 35.4 Å². The lowest BCUT2D eigenvalue weighted by Gasteiger charge is -2.40. The lowest BCUT2D eigenvalue weighted by atomic mass is 9.71. The summed E-state index contributed by atoms with van der Waals surface area (Å²) in [6.45, 7) is 6.76. The van der Waals surface area contributed by atoms with Crippen molar-refractivity contribution in [2.24, 2.45) is 11.3 Å². The Bertz CT molecular complexity index is 404. The van der Waals surface area contributed by atoms with Crippen molar-refractivity contribution >= 4 is 0 Å². The van der Waals surface area contributed by atoms with Gasteiger partial charge in [-0.25, -0.2) is 0 Å². The Labute approximate surface area is 123 Å². The molecule has 0 aliphatic heterocycles. The summed E-state index contributed by atoms with van der Waals surface area (Å²) < 4.78 is 0. The maximum atomic E-state index is 9.85. The first-order valence-electron chi connectivity index (χ1n) is 7.88. The molecule has 0 aromatic heterocycles. The Kier molecular flexibility index (Phi) is 5.22. The summed E-state index contributed by atoms with van der Waals surface area (Å²) in [7, 11) is 2.18. The summed E-state index contributed by atoms with van der Waals surface area (Å²) in [5.41, 5.74) is 2.80. The number of aliphatic hydroxyl groups excluding tert-OH is 1. The Morgan fingerprint density at radius 2 is 1.80 bits per heavy atom. The summed E-state index contributed by atoms with van der Waals surface area (Å²) in [5, 5.41) is 9.85. The second kappa shape index (κ2) is 6.73. The minimum Gasteiger partial charge on any atom is -0.396 e. The van der Waals surface area contributed by atoms with Gasteiger partial charge in [0.15, 0.2) is 0 Å². The SMILES string of the molecule is Cc1ccc(CN(C)CC2(CO)CCC(C)CC2)cc1. The molecule has 1 saturated carbocycles. The third-order valence-electron chi connectivity index (χ3n) is 4.85. The largest absolute Gasteiger partial charge is 0.396 e. The van der Waals surface area contributed by atoms with Crippen molar-refractivity contribution in [1.29, 1.82) is 0 Å². The minimum absolute atomic E-state index is 0.131. The lowest BCUT2D eigenvalue weighted by Crippen LogP contribution is -2.40. The molecule has 2 heteroatoms. The molecule has 112 valence electrons. The smallest absolute Gasteiger partial charge is 0.0499 e. The molecule has 0 atom stereocenters. The van der Waals surface area contributed by atoms with Gasteiger partial charge in [-0.15, -0.1) is 0 Å². The fourth-order valence-electron chi connectivity index (χ4n) is 3.37. The first-order valence-corrected chi connectivity index (χ1v) is 7.88. The number of nitrogens with zero attached hydrogens (tertiary/aromatic N) is 1. The molecule has 1 aromatic carbocycles. The quantitative estimate of drug-likeness (QED) is 0.887. The van der Waals surface area contributed by atoms with Crippen LogP contribution in [0.5, 0.6) is 0 Å². The van der Waals surface area contributed by atoms with Crippen LogP contribution in [0.25, 0.3) is 0 Å². The van der Waals surface area contributed by atoms with Crippen molar-refractivity contribution in [2.75, 3.05) is 20.2 Å². The molecule has 0 unspecified atom stereocenters. The van der Waals surface area contributed by atoms with Crippen molar-refractivity contribution in [1.82, 2.24) is 4.90 Å². The van der Waals surface area contributed by atoms with Gasteiger partial charge in [0.25, 0.3) is 0 Å². The monoisotopic (exact) mass is 275 g/mol. The number of rotatable bonds is 5. The normalized spacial score (nSPS) is 26.9. The van der Waals surface area contributed by atoms with E-state index in [0.717, 1.165) is 19.0 Å². The van der Waals surface area contributed by atoms with Gasteiger partial charge in [-0.05, 0) is 38.3 Å². The van der Waals surface area contributed by atoms with Gasteiger partial charge in [0, 0.05) is 25.1 Å². The van der Waals surface area contributed by atoms with Crippen LogP contribution in [0.3, 0.4) is 0 Å². The van der Waals surface area contributed by atoms with E-state index in [9.17, 15) is 5.11 Å². The average molecular weight is 275 g/mol. The van der Waals surface area contributed by atoms with Crippen molar-refractivity contribution in [2.45, 2.75) is 46.1 Å². The van der Waals surface area contributed by atoms with E-state index in [-0.39, 0.29) is 5.41 Å². The van der Waals surface area contributed by atoms with Gasteiger partial charge in [0.1, 0.15) is 0 Å². The fourth-order valence-corrected chi connectivity index (χ4v) is 3.37. The number of benzene rings is 1. The van der Waals surface area contributed by atoms with E-state index < -0.39 is 0 Å². The molecule has 1 aromatic rings. The number of hydrogen-bond acceptors (Lipinski definition) is 2. The highest BCUT2D eigenvalue weighted by molar-refractivity contribution is 5.21. The first kappa shape index (κ1) is 15.5. The van der Waals surface area contributed by atoms with E-state index in [4.69, 9.17) is 0 Å². The zero-order chi connectivity index (χ0) is 14.6. The second-order valence-electron chi connectivity index (χ2n) is 7.00. The molecule has 0 saturated heterocycles. The Balaban J connectivity index is 1.92. The van der Waals surface area contributed by atoms with E-state index in [1.54, 1.807) is 0 Å². The van der Waals surface area contributed by atoms with E-state index >= 15 is 0 Å². The molecule has 0 bridgehead atoms. The van der Waals surface area contributed by atoms with Crippen molar-refractivity contribution in [3.8, 4) is 0 Å². The second-order valence-corrected chi connectivity index (χ2v) is 7.00. The van der Waals surface area contributed by atoms with Crippen LogP contribution in [-0.2, 0) is 6.54 Å². The van der Waals surface area contributed by atoms with Gasteiger partial charge in [-0.2, -0.15) is 0 Å². The predicted molar refractivity (Wildman–Crippen MR) is 84.7 cm³/mol. The van der Waals surface area contributed by atoms with Gasteiger partial charge < -0.3 is 10.0 Å². The molecule has 1 fully saturated rings. The van der Waals surface area contributed by atoms with Crippen LogP contribution in [0.1, 0.15) is 43.7 Å². The topological polar surface area (TPSA) is 23.5 Å². The zero-order valence-electron chi connectivity index (χ0n) is 13.2. The standard InChI is InChI=1S/C18H29NO/c1-15-4-6-17(7-5-15)12-19(3)13-18(14-20)10-8-16(2)9-11-18/h4-7,16,20H,8-14H2,1-3H3. The highest BCUT2D eigenvalue weighted by Crippen LogP contribution is 2.39. The molecule has 0 radical (unpaired) electrons. The highest BCUT2D eigenvalue weighted by atomic mass is 16.3. The molecule has 2 nitrogen and oxygen atoms in total. The van der Waals surface area contributed by atoms with E-state index in [1.165, 1.54) is 36.8 Å². The van der Waals surface area contributed by atoms with Crippen LogP contribution >= 0.6 is 0 Å². The third-order valence-corrected chi connectivity index (χ3v) is 4.85. The number of hydrogen-bond donors (Lipinski definition) is 1. The number of aryl methyl sites for hydroxylation is 1. The number of aliphatic hydroxyl groups is 1. The fraction of sp³-hybridized carbons (Fsp3) is 0.667. The van der Waals surface area contributed by atoms with Crippen LogP contribution in [0.15, 0.2) is 24.3 Å². The summed E-state index contributed by atoms with van der Waals surface area (Å²) in [6, 6.07) is 8.77. The molecule has 0 spiro atoms. The summed E-state index contributed by atoms with van der Waals surface area (Å²) >= 11 is 0. The Morgan fingerprint density at radius 3 is 2.35 bits per heavy atom. The van der Waals surface area contributed by atoms with Crippen LogP contribution in [-0.4, -0.2) is 30.2 Å². The van der Waals surface area contributed by atoms with Gasteiger partial charge in [-0.1, -0.05) is 49.6 Å². The van der Waals surface area contributed by atoms with Gasteiger partial charge in [0.05, 0.1) is 0 Å². The summed E-state index contributed by atoms with van der Waals surface area (Å²) in [5.74, 6) is 0.831. The Morgan fingerprint density at radius 1 is 1.20 bits per heavy atom. The maximum Gasteiger partial charge on any atom is 0.0499 e. The van der Waals surface area contributed by atoms with Gasteiger partial charge in [-0.3, -0.25) is 0 Å². The predicted octanol–water partition coefficient (Wildman–Crippen LogP) is 3.62. The maximum absolute atomic E-state index is 9.85. The van der Waals surface area contributed by atoms with Crippen molar-refractivity contribution < 1.29 is 5.11 Å². The zero-order valence-corrected chi connectivity index (χ0v) is 13.2. The average Bonchev–Trinajstić information content (AvgIpc) is 2.44. The lowest BCUT2D eigenvalue weighted by molar-refractivity contribution is 0.0346. The molecular weight excluding hydrogens is 246 g/mol. The van der Waals surface area contributed by atoms with Gasteiger partial charge >= 0.3 is 0 Å². The summed E-state index contributed by atoms with van der Waals surface area (Å²) in [6.07, 6.45) is 4.86. The Hall–Kier alpha value is -0.860. The molecule has 1 aliphatic carbocycles. The van der Waals surface area contributed by atoms with Crippen LogP contribution in [0.2, 0.25) is 0 Å². The van der Waals surface area contributed by atoms with E-state index in [1.807, 2.05) is 0 Å². The third kappa shape index (κ3) is 4.07. The molecule has 0 amide bonds. The molecule has 2 rings (SSSR count). The highest BCUT2D eigenvalue weighted by Gasteiger charge is 2.34. The minimum atomic E-state index is 0.131. The molecule has 0 heterocycles. The molecule has 1 N–H and O–H groups in total. The summed E-state index contributed by atoms with van der Waals surface area (Å²) in [4.78, 5) is 2.37. The van der Waals surface area contributed by atoms with Crippen LogP contribution in [0, 0.1) is 18.3 Å². The van der Waals surface area contributed by atoms with Crippen LogP contribution in [0.4, 0.5) is 0 Å². The molecule has 1 aliphatic rings. The first-order chi connectivity index (χ1) is 9.53. The molecular formula is C18H29NO. The van der Waals surface area contributed by atoms with E-state index in [2.05, 4.69) is 50.1 Å². The molecule has 20 heavy (non-hydrogen) atoms.